The van der Waals surface area contributed by atoms with E-state index in [-0.39, 0.29) is 64.1 Å². The Hall–Kier alpha value is -1.57. The van der Waals surface area contributed by atoms with Gasteiger partial charge in [-0.2, -0.15) is 4.98 Å². The van der Waals surface area contributed by atoms with Crippen LogP contribution in [-0.4, -0.2) is 94.5 Å². The normalized spacial score (nSPS) is 25.9. The van der Waals surface area contributed by atoms with E-state index in [1.54, 1.807) is 11.8 Å². The number of oxazole rings is 1. The second-order valence-corrected chi connectivity index (χ2v) is 9.77. The molecule has 5 heterocycles. The molecule has 3 fully saturated rings. The van der Waals surface area contributed by atoms with Crippen LogP contribution < -0.4 is 39.6 Å². The number of morpholine rings is 1. The number of carboxylic acid groups (broad SMARTS) is 1. The number of thioether (sulfide) groups is 1. The zero-order valence-electron chi connectivity index (χ0n) is 18.4. The van der Waals surface area contributed by atoms with Gasteiger partial charge >= 0.3 is 29.6 Å². The third kappa shape index (κ3) is 4.32. The Balaban J connectivity index is 0.00000259. The molecule has 1 aromatic rings. The number of aliphatic hydroxyl groups is 1. The van der Waals surface area contributed by atoms with Crippen molar-refractivity contribution in [3.05, 3.63) is 22.6 Å². The number of aliphatic hydroxyl groups excluding tert-OH is 1. The van der Waals surface area contributed by atoms with E-state index in [1.165, 1.54) is 22.9 Å². The Kier molecular flexibility index (Phi) is 7.13. The summed E-state index contributed by atoms with van der Waals surface area (Å²) in [5.41, 5.74) is 0.178. The minimum Gasteiger partial charge on any atom is -0.543 e. The summed E-state index contributed by atoms with van der Waals surface area (Å²) in [4.78, 5) is 46.2. The smallest absolute Gasteiger partial charge is 0.543 e. The molecule has 5 rings (SSSR count). The number of fused-ring (bicyclic) bond motifs is 1. The maximum Gasteiger partial charge on any atom is 1.00 e. The first-order chi connectivity index (χ1) is 15.3. The van der Waals surface area contributed by atoms with Crippen molar-refractivity contribution in [2.45, 2.75) is 30.7 Å². The molecule has 33 heavy (non-hydrogen) atoms. The standard InChI is InChI=1S/C20H24N4O7S.Na/c1-10(25)15-13-6-14(16(19(28)29)24(13)18(15)27)32-11-7-23(8-11)20-21-12(9-31-20)17(26)22-2-4-30-5-3-22;/h9-11,13,15,25H,2-8H2,1H3,(H,28,29);/q;+1/p-1/t10-,13-,15-;/m1./s1. The van der Waals surface area contributed by atoms with Gasteiger partial charge < -0.3 is 38.9 Å². The molecule has 3 atom stereocenters. The summed E-state index contributed by atoms with van der Waals surface area (Å²) in [7, 11) is 0. The number of carboxylic acids is 1. The molecule has 1 aromatic heterocycles. The topological polar surface area (TPSA) is 139 Å². The number of hydrogen-bond donors (Lipinski definition) is 1. The molecule has 0 saturated carbocycles. The number of ether oxygens (including phenoxy) is 1. The number of carbonyl (C=O) groups excluding carboxylic acids is 3. The van der Waals surface area contributed by atoms with Crippen molar-refractivity contribution < 1.29 is 63.3 Å². The van der Waals surface area contributed by atoms with Crippen molar-refractivity contribution in [3.8, 4) is 0 Å². The number of aromatic nitrogens is 1. The summed E-state index contributed by atoms with van der Waals surface area (Å²) >= 11 is 1.41. The minimum absolute atomic E-state index is 0. The molecular formula is C20H23N4NaO7S. The quantitative estimate of drug-likeness (QED) is 0.310. The largest absolute Gasteiger partial charge is 1.00 e. The minimum atomic E-state index is -1.37. The number of aliphatic carboxylic acids is 1. The Morgan fingerprint density at radius 3 is 2.64 bits per heavy atom. The number of carbonyl (C=O) groups is 3. The van der Waals surface area contributed by atoms with E-state index < -0.39 is 18.0 Å². The average Bonchev–Trinajstić information content (AvgIpc) is 3.33. The van der Waals surface area contributed by atoms with Crippen molar-refractivity contribution in [1.29, 1.82) is 0 Å². The molecule has 4 aliphatic heterocycles. The van der Waals surface area contributed by atoms with Crippen LogP contribution in [0.1, 0.15) is 23.8 Å². The molecule has 0 spiro atoms. The van der Waals surface area contributed by atoms with Gasteiger partial charge in [0.15, 0.2) is 5.69 Å². The first-order valence-electron chi connectivity index (χ1n) is 10.5. The molecule has 1 N–H and O–H groups in total. The van der Waals surface area contributed by atoms with Gasteiger partial charge in [-0.05, 0) is 6.92 Å². The summed E-state index contributed by atoms with van der Waals surface area (Å²) in [6.07, 6.45) is 0.937. The number of rotatable bonds is 6. The Labute approximate surface area is 216 Å². The van der Waals surface area contributed by atoms with Crippen LogP contribution in [0, 0.1) is 5.92 Å². The van der Waals surface area contributed by atoms with Gasteiger partial charge in [0.1, 0.15) is 6.26 Å². The molecule has 0 radical (unpaired) electrons. The molecule has 172 valence electrons. The maximum atomic E-state index is 12.5. The summed E-state index contributed by atoms with van der Waals surface area (Å²) in [6, 6.07) is 0.0294. The van der Waals surface area contributed by atoms with Crippen LogP contribution in [0.5, 0.6) is 0 Å². The van der Waals surface area contributed by atoms with E-state index in [1.807, 2.05) is 4.90 Å². The molecule has 4 aliphatic rings. The van der Waals surface area contributed by atoms with E-state index in [2.05, 4.69) is 4.98 Å². The zero-order chi connectivity index (χ0) is 22.6. The van der Waals surface area contributed by atoms with E-state index in [9.17, 15) is 24.6 Å². The van der Waals surface area contributed by atoms with Gasteiger partial charge in [-0.1, -0.05) is 0 Å². The Morgan fingerprint density at radius 1 is 1.30 bits per heavy atom. The number of amides is 2. The fourth-order valence-electron chi connectivity index (χ4n) is 4.63. The number of nitrogens with zero attached hydrogens (tertiary/aromatic N) is 4. The van der Waals surface area contributed by atoms with Crippen LogP contribution in [0.2, 0.25) is 0 Å². The van der Waals surface area contributed by atoms with Crippen LogP contribution in [0.4, 0.5) is 6.01 Å². The van der Waals surface area contributed by atoms with E-state index >= 15 is 0 Å². The van der Waals surface area contributed by atoms with Gasteiger partial charge in [0.2, 0.25) is 5.91 Å². The number of hydrogen-bond acceptors (Lipinski definition) is 10. The van der Waals surface area contributed by atoms with Gasteiger partial charge in [0.25, 0.3) is 11.9 Å². The molecule has 0 bridgehead atoms. The Bertz CT molecular complexity index is 987. The van der Waals surface area contributed by atoms with E-state index in [0.29, 0.717) is 56.7 Å². The van der Waals surface area contributed by atoms with Gasteiger partial charge in [0, 0.05) is 42.8 Å². The molecule has 3 saturated heterocycles. The van der Waals surface area contributed by atoms with Crippen LogP contribution in [0.15, 0.2) is 21.3 Å². The second-order valence-electron chi connectivity index (χ2n) is 8.37. The first-order valence-corrected chi connectivity index (χ1v) is 11.4. The second kappa shape index (κ2) is 9.59. The monoisotopic (exact) mass is 486 g/mol. The van der Waals surface area contributed by atoms with E-state index in [0.717, 1.165) is 0 Å². The third-order valence-corrected chi connectivity index (χ3v) is 7.59. The molecule has 0 unspecified atom stereocenters. The van der Waals surface area contributed by atoms with Crippen molar-refractivity contribution in [3.63, 3.8) is 0 Å². The van der Waals surface area contributed by atoms with Crippen molar-refractivity contribution in [1.82, 2.24) is 14.8 Å². The SMILES string of the molecule is C[C@@H](O)[C@H]1C(=O)N2C(C(=O)[O-])=C(SC3CN(c4nc(C(=O)N5CCOCC5)co4)C3)C[C@H]12.[Na+]. The van der Waals surface area contributed by atoms with Crippen LogP contribution in [0.25, 0.3) is 0 Å². The number of β-lactam (4-membered cyclic amide) rings is 1. The molecule has 0 aliphatic carbocycles. The molecule has 0 aromatic carbocycles. The summed E-state index contributed by atoms with van der Waals surface area (Å²) in [5, 5.41) is 21.6. The van der Waals surface area contributed by atoms with Crippen molar-refractivity contribution >= 4 is 35.6 Å². The first kappa shape index (κ1) is 24.6. The molecular weight excluding hydrogens is 463 g/mol. The molecule has 2 amide bonds. The van der Waals surface area contributed by atoms with Gasteiger partial charge in [-0.3, -0.25) is 9.59 Å². The Morgan fingerprint density at radius 2 is 2.00 bits per heavy atom. The van der Waals surface area contributed by atoms with Crippen molar-refractivity contribution in [2.75, 3.05) is 44.3 Å². The predicted molar refractivity (Wildman–Crippen MR) is 109 cm³/mol. The van der Waals surface area contributed by atoms with Crippen LogP contribution >= 0.6 is 11.8 Å². The summed E-state index contributed by atoms with van der Waals surface area (Å²) in [6.45, 7) is 4.74. The molecule has 13 heteroatoms. The zero-order valence-corrected chi connectivity index (χ0v) is 21.2. The van der Waals surface area contributed by atoms with Gasteiger partial charge in [0.05, 0.1) is 42.9 Å². The maximum absolute atomic E-state index is 12.5. The summed E-state index contributed by atoms with van der Waals surface area (Å²) in [5.74, 6) is -2.50. The van der Waals surface area contributed by atoms with Crippen LogP contribution in [0.3, 0.4) is 0 Å². The summed E-state index contributed by atoms with van der Waals surface area (Å²) < 4.78 is 10.7. The number of anilines is 1. The average molecular weight is 486 g/mol. The third-order valence-electron chi connectivity index (χ3n) is 6.32. The van der Waals surface area contributed by atoms with Gasteiger partial charge in [-0.25, -0.2) is 0 Å². The van der Waals surface area contributed by atoms with E-state index in [4.69, 9.17) is 9.15 Å². The predicted octanol–water partition coefficient (Wildman–Crippen LogP) is -4.35. The fourth-order valence-corrected chi connectivity index (χ4v) is 6.10. The fraction of sp³-hybridized carbons (Fsp3) is 0.600. The van der Waals surface area contributed by atoms with Crippen molar-refractivity contribution in [2.24, 2.45) is 5.92 Å². The molecule has 11 nitrogen and oxygen atoms in total. The van der Waals surface area contributed by atoms with Crippen LogP contribution in [-0.2, 0) is 14.3 Å². The van der Waals surface area contributed by atoms with Gasteiger partial charge in [-0.15, -0.1) is 11.8 Å².